The first-order valence-electron chi connectivity index (χ1n) is 9.04. The summed E-state index contributed by atoms with van der Waals surface area (Å²) in [6.45, 7) is 6.62. The van der Waals surface area contributed by atoms with Gasteiger partial charge < -0.3 is 10.0 Å². The molecule has 3 heterocycles. The van der Waals surface area contributed by atoms with Crippen LogP contribution in [0.15, 0.2) is 12.4 Å². The van der Waals surface area contributed by atoms with Gasteiger partial charge in [0.15, 0.2) is 0 Å². The lowest BCUT2D eigenvalue weighted by Gasteiger charge is -2.44. The standard InChI is InChI=1S/C18H26N4O4/c1-18(2,3)14-8-12(6-7-21(14)17(25)26)22-10-11(9-19-22)13-4-5-15(23)20-16(13)24/h9-10,12-14H,4-8H2,1-3H3,(H,25,26)(H,20,23,24). The Balaban J connectivity index is 1.76. The van der Waals surface area contributed by atoms with Crippen molar-refractivity contribution in [3.63, 3.8) is 0 Å². The van der Waals surface area contributed by atoms with Gasteiger partial charge in [-0.3, -0.25) is 19.6 Å². The Kier molecular flexibility index (Phi) is 4.77. The molecule has 1 aromatic rings. The third kappa shape index (κ3) is 3.59. The van der Waals surface area contributed by atoms with Gasteiger partial charge >= 0.3 is 6.09 Å². The molecule has 0 saturated carbocycles. The lowest BCUT2D eigenvalue weighted by Crippen LogP contribution is -2.51. The summed E-state index contributed by atoms with van der Waals surface area (Å²) >= 11 is 0. The molecule has 0 aliphatic carbocycles. The van der Waals surface area contributed by atoms with E-state index in [1.807, 2.05) is 31.6 Å². The van der Waals surface area contributed by atoms with Crippen LogP contribution in [0, 0.1) is 5.41 Å². The molecule has 2 N–H and O–H groups in total. The molecule has 2 saturated heterocycles. The number of carboxylic acid groups (broad SMARTS) is 1. The molecule has 3 unspecified atom stereocenters. The molecular weight excluding hydrogens is 336 g/mol. The number of rotatable bonds is 2. The number of amides is 3. The zero-order chi connectivity index (χ0) is 19.1. The number of likely N-dealkylation sites (tertiary alicyclic amines) is 1. The third-order valence-electron chi connectivity index (χ3n) is 5.46. The summed E-state index contributed by atoms with van der Waals surface area (Å²) in [6.07, 6.45) is 4.90. The highest BCUT2D eigenvalue weighted by molar-refractivity contribution is 6.00. The second-order valence-electron chi connectivity index (χ2n) is 8.29. The number of carbonyl (C=O) groups excluding carboxylic acids is 2. The topological polar surface area (TPSA) is 105 Å². The van der Waals surface area contributed by atoms with Crippen LogP contribution in [0.4, 0.5) is 4.79 Å². The van der Waals surface area contributed by atoms with Gasteiger partial charge in [-0.05, 0) is 24.7 Å². The van der Waals surface area contributed by atoms with Crippen LogP contribution in [0.3, 0.4) is 0 Å². The molecule has 0 spiro atoms. The van der Waals surface area contributed by atoms with Crippen LogP contribution in [-0.4, -0.2) is 50.3 Å². The molecule has 142 valence electrons. The van der Waals surface area contributed by atoms with E-state index in [0.717, 1.165) is 5.56 Å². The van der Waals surface area contributed by atoms with Crippen LogP contribution in [0.25, 0.3) is 0 Å². The number of hydrogen-bond acceptors (Lipinski definition) is 4. The Morgan fingerprint density at radius 3 is 2.65 bits per heavy atom. The maximum absolute atomic E-state index is 12.1. The number of nitrogens with one attached hydrogen (secondary N) is 1. The van der Waals surface area contributed by atoms with Gasteiger partial charge in [-0.25, -0.2) is 4.79 Å². The van der Waals surface area contributed by atoms with Crippen LogP contribution >= 0.6 is 0 Å². The largest absolute Gasteiger partial charge is 0.465 e. The maximum Gasteiger partial charge on any atom is 0.407 e. The van der Waals surface area contributed by atoms with E-state index in [-0.39, 0.29) is 35.2 Å². The van der Waals surface area contributed by atoms with E-state index in [1.54, 1.807) is 6.20 Å². The van der Waals surface area contributed by atoms with E-state index in [0.29, 0.717) is 32.2 Å². The van der Waals surface area contributed by atoms with E-state index in [2.05, 4.69) is 10.4 Å². The van der Waals surface area contributed by atoms with Crippen molar-refractivity contribution in [2.45, 2.75) is 64.5 Å². The molecule has 8 heteroatoms. The van der Waals surface area contributed by atoms with Crippen LogP contribution in [-0.2, 0) is 9.59 Å². The first kappa shape index (κ1) is 18.4. The minimum Gasteiger partial charge on any atom is -0.465 e. The molecule has 0 radical (unpaired) electrons. The molecule has 2 aliphatic rings. The molecule has 2 fully saturated rings. The van der Waals surface area contributed by atoms with Gasteiger partial charge in [0.1, 0.15) is 0 Å². The monoisotopic (exact) mass is 362 g/mol. The summed E-state index contributed by atoms with van der Waals surface area (Å²) in [5, 5.41) is 16.3. The quantitative estimate of drug-likeness (QED) is 0.784. The van der Waals surface area contributed by atoms with E-state index >= 15 is 0 Å². The SMILES string of the molecule is CC(C)(C)C1CC(n2cc(C3CCC(=O)NC3=O)cn2)CCN1C(=O)O. The minimum absolute atomic E-state index is 0.0943. The highest BCUT2D eigenvalue weighted by atomic mass is 16.4. The highest BCUT2D eigenvalue weighted by Crippen LogP contribution is 2.37. The molecular formula is C18H26N4O4. The van der Waals surface area contributed by atoms with Crippen molar-refractivity contribution in [3.05, 3.63) is 18.0 Å². The molecule has 1 aromatic heterocycles. The molecule has 3 atom stereocenters. The van der Waals surface area contributed by atoms with Gasteiger partial charge in [0.2, 0.25) is 11.8 Å². The molecule has 3 rings (SSSR count). The van der Waals surface area contributed by atoms with Gasteiger partial charge in [0.05, 0.1) is 18.2 Å². The Morgan fingerprint density at radius 1 is 1.31 bits per heavy atom. The van der Waals surface area contributed by atoms with Crippen LogP contribution < -0.4 is 5.32 Å². The second-order valence-corrected chi connectivity index (χ2v) is 8.29. The zero-order valence-electron chi connectivity index (χ0n) is 15.4. The summed E-state index contributed by atoms with van der Waals surface area (Å²) in [4.78, 5) is 36.5. The summed E-state index contributed by atoms with van der Waals surface area (Å²) in [5.41, 5.74) is 0.638. The lowest BCUT2D eigenvalue weighted by molar-refractivity contribution is -0.134. The predicted octanol–water partition coefficient (Wildman–Crippen LogP) is 2.13. The van der Waals surface area contributed by atoms with Crippen molar-refractivity contribution in [2.24, 2.45) is 5.41 Å². The predicted molar refractivity (Wildman–Crippen MR) is 93.6 cm³/mol. The van der Waals surface area contributed by atoms with E-state index in [1.165, 1.54) is 4.90 Å². The fourth-order valence-corrected chi connectivity index (χ4v) is 3.98. The normalized spacial score (nSPS) is 27.3. The Bertz CT molecular complexity index is 721. The zero-order valence-corrected chi connectivity index (χ0v) is 15.4. The van der Waals surface area contributed by atoms with Gasteiger partial charge in [0.25, 0.3) is 0 Å². The van der Waals surface area contributed by atoms with Crippen molar-refractivity contribution in [1.29, 1.82) is 0 Å². The summed E-state index contributed by atoms with van der Waals surface area (Å²) < 4.78 is 1.86. The molecule has 3 amide bonds. The summed E-state index contributed by atoms with van der Waals surface area (Å²) in [5.74, 6) is -0.847. The molecule has 0 aromatic carbocycles. The molecule has 26 heavy (non-hydrogen) atoms. The minimum atomic E-state index is -0.881. The van der Waals surface area contributed by atoms with Gasteiger partial charge in [0, 0.05) is 30.8 Å². The van der Waals surface area contributed by atoms with Crippen LogP contribution in [0.1, 0.15) is 64.0 Å². The Labute approximate surface area is 152 Å². The van der Waals surface area contributed by atoms with Gasteiger partial charge in [-0.2, -0.15) is 5.10 Å². The average Bonchev–Trinajstić information content (AvgIpc) is 3.03. The lowest BCUT2D eigenvalue weighted by atomic mass is 9.79. The molecule has 2 aliphatic heterocycles. The van der Waals surface area contributed by atoms with Crippen LogP contribution in [0.2, 0.25) is 0 Å². The number of imide groups is 1. The fraction of sp³-hybridized carbons (Fsp3) is 0.667. The van der Waals surface area contributed by atoms with Crippen molar-refractivity contribution in [3.8, 4) is 0 Å². The number of carbonyl (C=O) groups is 3. The number of nitrogens with zero attached hydrogens (tertiary/aromatic N) is 3. The highest BCUT2D eigenvalue weighted by Gasteiger charge is 2.39. The molecule has 0 bridgehead atoms. The number of piperidine rings is 2. The number of aromatic nitrogens is 2. The molecule has 8 nitrogen and oxygen atoms in total. The Morgan fingerprint density at radius 2 is 2.04 bits per heavy atom. The van der Waals surface area contributed by atoms with Crippen molar-refractivity contribution < 1.29 is 19.5 Å². The second kappa shape index (κ2) is 6.74. The smallest absolute Gasteiger partial charge is 0.407 e. The van der Waals surface area contributed by atoms with Gasteiger partial charge in [-0.1, -0.05) is 20.8 Å². The fourth-order valence-electron chi connectivity index (χ4n) is 3.98. The van der Waals surface area contributed by atoms with Crippen molar-refractivity contribution in [1.82, 2.24) is 20.0 Å². The van der Waals surface area contributed by atoms with E-state index < -0.39 is 6.09 Å². The Hall–Kier alpha value is -2.38. The maximum atomic E-state index is 12.1. The van der Waals surface area contributed by atoms with E-state index in [9.17, 15) is 19.5 Å². The van der Waals surface area contributed by atoms with Crippen LogP contribution in [0.5, 0.6) is 0 Å². The first-order chi connectivity index (χ1) is 12.2. The summed E-state index contributed by atoms with van der Waals surface area (Å²) in [6, 6.07) is -0.00106. The van der Waals surface area contributed by atoms with Crippen molar-refractivity contribution in [2.75, 3.05) is 6.54 Å². The van der Waals surface area contributed by atoms with Gasteiger partial charge in [-0.15, -0.1) is 0 Å². The summed E-state index contributed by atoms with van der Waals surface area (Å²) in [7, 11) is 0. The van der Waals surface area contributed by atoms with Crippen molar-refractivity contribution >= 4 is 17.9 Å². The number of hydrogen-bond donors (Lipinski definition) is 2. The third-order valence-corrected chi connectivity index (χ3v) is 5.46. The average molecular weight is 362 g/mol. The first-order valence-corrected chi connectivity index (χ1v) is 9.04. The van der Waals surface area contributed by atoms with E-state index in [4.69, 9.17) is 0 Å².